The summed E-state index contributed by atoms with van der Waals surface area (Å²) >= 11 is 5.04. The van der Waals surface area contributed by atoms with Gasteiger partial charge in [0.15, 0.2) is 0 Å². The van der Waals surface area contributed by atoms with Crippen molar-refractivity contribution in [2.45, 2.75) is 19.9 Å². The molecule has 0 amide bonds. The number of piperazine rings is 1. The van der Waals surface area contributed by atoms with Gasteiger partial charge < -0.3 is 10.6 Å². The molecular weight excluding hydrogens is 246 g/mol. The van der Waals surface area contributed by atoms with Crippen LogP contribution in [0.15, 0.2) is 12.4 Å². The molecule has 1 atom stereocenters. The van der Waals surface area contributed by atoms with E-state index in [-0.39, 0.29) is 6.04 Å². The predicted octanol–water partition coefficient (Wildman–Crippen LogP) is 0.582. The van der Waals surface area contributed by atoms with Gasteiger partial charge in [-0.05, 0) is 13.8 Å². The number of nitrogens with zero attached hydrogens (tertiary/aromatic N) is 4. The number of aryl methyl sites for hydroxylation is 1. The second-order valence-corrected chi connectivity index (χ2v) is 5.04. The van der Waals surface area contributed by atoms with Gasteiger partial charge in [0, 0.05) is 38.6 Å². The molecule has 2 heterocycles. The summed E-state index contributed by atoms with van der Waals surface area (Å²) in [6.45, 7) is 7.83. The maximum Gasteiger partial charge on any atom is 0.150 e. The fourth-order valence-electron chi connectivity index (χ4n) is 2.21. The first-order chi connectivity index (χ1) is 8.59. The van der Waals surface area contributed by atoms with E-state index in [9.17, 15) is 0 Å². The second-order valence-electron chi connectivity index (χ2n) is 4.57. The highest BCUT2D eigenvalue weighted by molar-refractivity contribution is 7.80. The van der Waals surface area contributed by atoms with Gasteiger partial charge in [-0.15, -0.1) is 0 Å². The lowest BCUT2D eigenvalue weighted by Crippen LogP contribution is -2.53. The molecule has 1 unspecified atom stereocenters. The quantitative estimate of drug-likeness (QED) is 0.807. The summed E-state index contributed by atoms with van der Waals surface area (Å²) in [5, 5.41) is 0. The van der Waals surface area contributed by atoms with Crippen LogP contribution >= 0.6 is 12.2 Å². The van der Waals surface area contributed by atoms with Crippen LogP contribution in [0.3, 0.4) is 0 Å². The Hall–Kier alpha value is -1.27. The Balaban J connectivity index is 1.99. The normalized spacial score (nSPS) is 18.7. The maximum absolute atomic E-state index is 5.69. The number of thiocarbonyl (C=S) groups is 1. The summed E-state index contributed by atoms with van der Waals surface area (Å²) in [6.07, 6.45) is 3.47. The molecule has 2 N–H and O–H groups in total. The van der Waals surface area contributed by atoms with Gasteiger partial charge in [-0.2, -0.15) is 0 Å². The predicted molar refractivity (Wildman–Crippen MR) is 76.8 cm³/mol. The van der Waals surface area contributed by atoms with E-state index in [1.807, 2.05) is 6.92 Å². The number of nitrogens with two attached hydrogens (primary N) is 1. The molecule has 0 aromatic carbocycles. The number of hydrogen-bond acceptors (Lipinski definition) is 5. The van der Waals surface area contributed by atoms with E-state index in [0.29, 0.717) is 4.99 Å². The summed E-state index contributed by atoms with van der Waals surface area (Å²) in [5.74, 6) is 0.986. The Morgan fingerprint density at radius 3 is 2.44 bits per heavy atom. The molecule has 1 fully saturated rings. The van der Waals surface area contributed by atoms with Gasteiger partial charge >= 0.3 is 0 Å². The van der Waals surface area contributed by atoms with Gasteiger partial charge in [-0.3, -0.25) is 9.88 Å². The van der Waals surface area contributed by atoms with Crippen molar-refractivity contribution >= 4 is 23.0 Å². The van der Waals surface area contributed by atoms with Crippen LogP contribution in [0.1, 0.15) is 12.6 Å². The molecule has 1 aromatic heterocycles. The minimum Gasteiger partial charge on any atom is -0.392 e. The van der Waals surface area contributed by atoms with Gasteiger partial charge in [-0.1, -0.05) is 12.2 Å². The average Bonchev–Trinajstić information content (AvgIpc) is 2.38. The van der Waals surface area contributed by atoms with E-state index in [1.165, 1.54) is 0 Å². The number of aromatic nitrogens is 2. The molecule has 0 radical (unpaired) electrons. The highest BCUT2D eigenvalue weighted by Crippen LogP contribution is 2.16. The fraction of sp³-hybridized carbons (Fsp3) is 0.583. The summed E-state index contributed by atoms with van der Waals surface area (Å²) < 4.78 is 0. The van der Waals surface area contributed by atoms with Crippen molar-refractivity contribution in [2.24, 2.45) is 5.73 Å². The van der Waals surface area contributed by atoms with Gasteiger partial charge in [-0.25, -0.2) is 4.98 Å². The number of hydrogen-bond donors (Lipinski definition) is 1. The van der Waals surface area contributed by atoms with Crippen molar-refractivity contribution in [3.8, 4) is 0 Å². The maximum atomic E-state index is 5.69. The first-order valence-corrected chi connectivity index (χ1v) is 6.56. The van der Waals surface area contributed by atoms with Crippen molar-refractivity contribution in [1.82, 2.24) is 14.9 Å². The molecule has 18 heavy (non-hydrogen) atoms. The van der Waals surface area contributed by atoms with Crippen LogP contribution in [0.4, 0.5) is 5.82 Å². The van der Waals surface area contributed by atoms with Crippen LogP contribution in [-0.4, -0.2) is 52.1 Å². The molecule has 2 rings (SSSR count). The fourth-order valence-corrected chi connectivity index (χ4v) is 2.36. The molecular formula is C12H19N5S. The van der Waals surface area contributed by atoms with Gasteiger partial charge in [0.05, 0.1) is 16.7 Å². The third-order valence-electron chi connectivity index (χ3n) is 3.43. The van der Waals surface area contributed by atoms with E-state index in [2.05, 4.69) is 26.7 Å². The molecule has 0 aliphatic carbocycles. The van der Waals surface area contributed by atoms with E-state index in [0.717, 1.165) is 37.7 Å². The Kier molecular flexibility index (Phi) is 4.08. The number of rotatable bonds is 3. The van der Waals surface area contributed by atoms with Gasteiger partial charge in [0.2, 0.25) is 0 Å². The van der Waals surface area contributed by atoms with Gasteiger partial charge in [0.1, 0.15) is 5.82 Å². The molecule has 0 saturated carbocycles. The van der Waals surface area contributed by atoms with E-state index in [4.69, 9.17) is 18.0 Å². The van der Waals surface area contributed by atoms with E-state index >= 15 is 0 Å². The van der Waals surface area contributed by atoms with Crippen LogP contribution in [-0.2, 0) is 0 Å². The lowest BCUT2D eigenvalue weighted by atomic mass is 10.2. The van der Waals surface area contributed by atoms with Gasteiger partial charge in [0.25, 0.3) is 0 Å². The van der Waals surface area contributed by atoms with Crippen molar-refractivity contribution in [3.63, 3.8) is 0 Å². The van der Waals surface area contributed by atoms with E-state index < -0.39 is 0 Å². The third-order valence-corrected chi connectivity index (χ3v) is 3.77. The van der Waals surface area contributed by atoms with Crippen LogP contribution in [0.2, 0.25) is 0 Å². The van der Waals surface area contributed by atoms with Crippen molar-refractivity contribution in [3.05, 3.63) is 18.1 Å². The van der Waals surface area contributed by atoms with Crippen LogP contribution < -0.4 is 10.6 Å². The lowest BCUT2D eigenvalue weighted by molar-refractivity contribution is 0.238. The molecule has 1 aromatic rings. The minimum atomic E-state index is 0.171. The molecule has 0 bridgehead atoms. The zero-order valence-corrected chi connectivity index (χ0v) is 11.7. The van der Waals surface area contributed by atoms with Crippen molar-refractivity contribution in [2.75, 3.05) is 31.1 Å². The standard InChI is InChI=1S/C12H19N5S/c1-9-12(15-4-3-14-9)17-7-5-16(6-8-17)10(2)11(13)18/h3-4,10H,5-8H2,1-2H3,(H2,13,18). The average molecular weight is 265 g/mol. The molecule has 98 valence electrons. The molecule has 1 aliphatic rings. The number of anilines is 1. The minimum absolute atomic E-state index is 0.171. The monoisotopic (exact) mass is 265 g/mol. The first kappa shape index (κ1) is 13.2. The van der Waals surface area contributed by atoms with Crippen LogP contribution in [0, 0.1) is 6.92 Å². The largest absolute Gasteiger partial charge is 0.392 e. The SMILES string of the molecule is Cc1nccnc1N1CCN(C(C)C(N)=S)CC1. The molecule has 1 saturated heterocycles. The summed E-state index contributed by atoms with van der Waals surface area (Å²) in [5.41, 5.74) is 6.67. The Bertz CT molecular complexity index is 428. The summed E-state index contributed by atoms with van der Waals surface area (Å²) in [6, 6.07) is 0.171. The van der Waals surface area contributed by atoms with Crippen LogP contribution in [0.5, 0.6) is 0 Å². The Labute approximate surface area is 113 Å². The smallest absolute Gasteiger partial charge is 0.150 e. The molecule has 1 aliphatic heterocycles. The first-order valence-electron chi connectivity index (χ1n) is 6.15. The third kappa shape index (κ3) is 2.76. The summed E-state index contributed by atoms with van der Waals surface area (Å²) in [4.78, 5) is 13.8. The molecule has 5 nitrogen and oxygen atoms in total. The molecule has 6 heteroatoms. The van der Waals surface area contributed by atoms with Crippen molar-refractivity contribution in [1.29, 1.82) is 0 Å². The van der Waals surface area contributed by atoms with E-state index in [1.54, 1.807) is 12.4 Å². The lowest BCUT2D eigenvalue weighted by Gasteiger charge is -2.38. The molecule has 0 spiro atoms. The van der Waals surface area contributed by atoms with Crippen LogP contribution in [0.25, 0.3) is 0 Å². The topological polar surface area (TPSA) is 58.3 Å². The zero-order valence-electron chi connectivity index (χ0n) is 10.8. The second kappa shape index (κ2) is 5.58. The van der Waals surface area contributed by atoms with Crippen molar-refractivity contribution < 1.29 is 0 Å². The zero-order chi connectivity index (χ0) is 13.1. The highest BCUT2D eigenvalue weighted by atomic mass is 32.1. The Morgan fingerprint density at radius 1 is 1.28 bits per heavy atom. The Morgan fingerprint density at radius 2 is 1.89 bits per heavy atom. The summed E-state index contributed by atoms with van der Waals surface area (Å²) in [7, 11) is 0. The highest BCUT2D eigenvalue weighted by Gasteiger charge is 2.23.